The van der Waals surface area contributed by atoms with E-state index < -0.39 is 0 Å². The first-order chi connectivity index (χ1) is 9.15. The highest BCUT2D eigenvalue weighted by atomic mass is 15.5. The van der Waals surface area contributed by atoms with Gasteiger partial charge in [0, 0.05) is 17.5 Å². The van der Waals surface area contributed by atoms with Gasteiger partial charge in [0.15, 0.2) is 0 Å². The molecule has 0 bridgehead atoms. The van der Waals surface area contributed by atoms with Gasteiger partial charge in [0.25, 0.3) is 0 Å². The zero-order valence-electron chi connectivity index (χ0n) is 11.5. The van der Waals surface area contributed by atoms with Crippen molar-refractivity contribution < 1.29 is 0 Å². The average Bonchev–Trinajstić information content (AvgIpc) is 2.81. The summed E-state index contributed by atoms with van der Waals surface area (Å²) in [4.78, 5) is 0. The normalized spacial score (nSPS) is 24.7. The molecule has 0 aliphatic carbocycles. The van der Waals surface area contributed by atoms with Crippen molar-refractivity contribution in [2.75, 3.05) is 11.2 Å². The highest BCUT2D eigenvalue weighted by Crippen LogP contribution is 2.28. The molecule has 0 radical (unpaired) electrons. The molecule has 1 saturated heterocycles. The lowest BCUT2D eigenvalue weighted by Crippen LogP contribution is -2.47. The fourth-order valence-corrected chi connectivity index (χ4v) is 2.89. The van der Waals surface area contributed by atoms with Crippen LogP contribution in [0.5, 0.6) is 0 Å². The summed E-state index contributed by atoms with van der Waals surface area (Å²) in [5, 5.41) is 10.4. The molecule has 2 heterocycles. The summed E-state index contributed by atoms with van der Waals surface area (Å²) in [6.07, 6.45) is 5.55. The van der Waals surface area contributed by atoms with Crippen molar-refractivity contribution >= 4 is 22.3 Å². The minimum absolute atomic E-state index is 0.528. The van der Waals surface area contributed by atoms with Crippen molar-refractivity contribution in [3.63, 3.8) is 0 Å². The Balaban J connectivity index is 1.89. The van der Waals surface area contributed by atoms with Crippen LogP contribution in [-0.2, 0) is 0 Å². The second-order valence-corrected chi connectivity index (χ2v) is 5.54. The number of fused-ring (bicyclic) bond motifs is 1. The number of piperidine rings is 1. The van der Waals surface area contributed by atoms with Crippen LogP contribution in [0, 0.1) is 0 Å². The van der Waals surface area contributed by atoms with E-state index in [1.165, 1.54) is 19.3 Å². The second-order valence-electron chi connectivity index (χ2n) is 5.54. The number of hydrazine groups is 1. The van der Waals surface area contributed by atoms with Gasteiger partial charge < -0.3 is 11.2 Å². The van der Waals surface area contributed by atoms with Gasteiger partial charge in [-0.3, -0.25) is 5.10 Å². The van der Waals surface area contributed by atoms with E-state index in [0.29, 0.717) is 12.1 Å². The van der Waals surface area contributed by atoms with Crippen LogP contribution in [0.15, 0.2) is 18.3 Å². The number of hydrogen-bond donors (Lipinski definition) is 3. The van der Waals surface area contributed by atoms with E-state index in [9.17, 15) is 0 Å². The summed E-state index contributed by atoms with van der Waals surface area (Å²) in [5.41, 5.74) is 12.3. The second kappa shape index (κ2) is 4.74. The maximum atomic E-state index is 6.12. The van der Waals surface area contributed by atoms with Crippen molar-refractivity contribution in [1.29, 1.82) is 0 Å². The van der Waals surface area contributed by atoms with Crippen LogP contribution in [0.1, 0.15) is 33.1 Å². The fourth-order valence-electron chi connectivity index (χ4n) is 2.89. The molecule has 1 aliphatic rings. The maximum absolute atomic E-state index is 6.12. The summed E-state index contributed by atoms with van der Waals surface area (Å²) in [7, 11) is 0. The Hall–Kier alpha value is -1.75. The standard InChI is InChI=1S/C14H21N5/c1-9-4-3-5-10(2)19(9)18-14-7-13-11(6-12(14)15)8-16-17-13/h6-10,18H,3-5,15H2,1-2H3,(H,16,17). The molecule has 4 N–H and O–H groups in total. The van der Waals surface area contributed by atoms with Crippen LogP contribution in [0.3, 0.4) is 0 Å². The SMILES string of the molecule is CC1CCCC(C)N1Nc1cc2[nH]ncc2cc1N. The summed E-state index contributed by atoms with van der Waals surface area (Å²) >= 11 is 0. The summed E-state index contributed by atoms with van der Waals surface area (Å²) < 4.78 is 0. The monoisotopic (exact) mass is 259 g/mol. The summed E-state index contributed by atoms with van der Waals surface area (Å²) in [5.74, 6) is 0. The van der Waals surface area contributed by atoms with Crippen LogP contribution < -0.4 is 11.2 Å². The molecule has 1 aromatic heterocycles. The summed E-state index contributed by atoms with van der Waals surface area (Å²) in [6.45, 7) is 4.52. The maximum Gasteiger partial charge on any atom is 0.0742 e. The number of nitrogens with zero attached hydrogens (tertiary/aromatic N) is 2. The lowest BCUT2D eigenvalue weighted by atomic mass is 10.00. The van der Waals surface area contributed by atoms with E-state index in [0.717, 1.165) is 22.3 Å². The van der Waals surface area contributed by atoms with Crippen molar-refractivity contribution in [3.8, 4) is 0 Å². The molecule has 19 heavy (non-hydrogen) atoms. The van der Waals surface area contributed by atoms with Gasteiger partial charge in [0.2, 0.25) is 0 Å². The van der Waals surface area contributed by atoms with Crippen molar-refractivity contribution in [2.45, 2.75) is 45.2 Å². The first-order valence-corrected chi connectivity index (χ1v) is 6.93. The number of benzene rings is 1. The van der Waals surface area contributed by atoms with Gasteiger partial charge in [-0.1, -0.05) is 6.42 Å². The number of hydrogen-bond acceptors (Lipinski definition) is 4. The molecule has 1 fully saturated rings. The predicted octanol–water partition coefficient (Wildman–Crippen LogP) is 2.73. The molecule has 2 unspecified atom stereocenters. The molecule has 1 aliphatic heterocycles. The Morgan fingerprint density at radius 3 is 2.79 bits per heavy atom. The van der Waals surface area contributed by atoms with E-state index in [-0.39, 0.29) is 0 Å². The molecule has 0 amide bonds. The number of nitrogen functional groups attached to an aromatic ring is 1. The highest BCUT2D eigenvalue weighted by Gasteiger charge is 2.25. The predicted molar refractivity (Wildman–Crippen MR) is 78.7 cm³/mol. The number of anilines is 2. The molecule has 0 spiro atoms. The van der Waals surface area contributed by atoms with E-state index in [1.54, 1.807) is 6.20 Å². The highest BCUT2D eigenvalue weighted by molar-refractivity contribution is 5.88. The van der Waals surface area contributed by atoms with E-state index in [4.69, 9.17) is 5.73 Å². The average molecular weight is 259 g/mol. The van der Waals surface area contributed by atoms with Crippen molar-refractivity contribution in [2.24, 2.45) is 0 Å². The Morgan fingerprint density at radius 2 is 2.05 bits per heavy atom. The number of rotatable bonds is 2. The molecular weight excluding hydrogens is 238 g/mol. The van der Waals surface area contributed by atoms with Gasteiger partial charge in [0.1, 0.15) is 0 Å². The van der Waals surface area contributed by atoms with Gasteiger partial charge in [-0.15, -0.1) is 0 Å². The number of H-pyrrole nitrogens is 1. The lowest BCUT2D eigenvalue weighted by Gasteiger charge is -2.39. The Bertz CT molecular complexity index is 566. The molecule has 2 aromatic rings. The zero-order chi connectivity index (χ0) is 13.4. The van der Waals surface area contributed by atoms with Crippen LogP contribution in [0.25, 0.3) is 10.9 Å². The molecule has 2 atom stereocenters. The fraction of sp³-hybridized carbons (Fsp3) is 0.500. The van der Waals surface area contributed by atoms with E-state index in [2.05, 4.69) is 34.5 Å². The third kappa shape index (κ3) is 2.26. The van der Waals surface area contributed by atoms with E-state index in [1.807, 2.05) is 12.1 Å². The Kier molecular flexibility index (Phi) is 3.06. The summed E-state index contributed by atoms with van der Waals surface area (Å²) in [6, 6.07) is 5.05. The number of nitrogens with two attached hydrogens (primary N) is 1. The smallest absolute Gasteiger partial charge is 0.0742 e. The van der Waals surface area contributed by atoms with Gasteiger partial charge >= 0.3 is 0 Å². The van der Waals surface area contributed by atoms with Crippen LogP contribution in [0.2, 0.25) is 0 Å². The molecular formula is C14H21N5. The quantitative estimate of drug-likeness (QED) is 0.725. The molecule has 0 saturated carbocycles. The topological polar surface area (TPSA) is 70.0 Å². The lowest BCUT2D eigenvalue weighted by molar-refractivity contribution is 0.136. The molecule has 102 valence electrons. The number of nitrogens with one attached hydrogen (secondary N) is 2. The van der Waals surface area contributed by atoms with Gasteiger partial charge in [-0.2, -0.15) is 5.10 Å². The van der Waals surface area contributed by atoms with Crippen molar-refractivity contribution in [3.05, 3.63) is 18.3 Å². The largest absolute Gasteiger partial charge is 0.397 e. The molecule has 1 aromatic carbocycles. The molecule has 5 nitrogen and oxygen atoms in total. The van der Waals surface area contributed by atoms with Crippen LogP contribution >= 0.6 is 0 Å². The van der Waals surface area contributed by atoms with E-state index >= 15 is 0 Å². The first kappa shape index (κ1) is 12.3. The zero-order valence-corrected chi connectivity index (χ0v) is 11.5. The van der Waals surface area contributed by atoms with Crippen molar-refractivity contribution in [1.82, 2.24) is 15.2 Å². The minimum atomic E-state index is 0.528. The van der Waals surface area contributed by atoms with Gasteiger partial charge in [-0.05, 0) is 38.8 Å². The first-order valence-electron chi connectivity index (χ1n) is 6.93. The van der Waals surface area contributed by atoms with Gasteiger partial charge in [-0.25, -0.2) is 5.01 Å². The molecule has 5 heteroatoms. The number of aromatic nitrogens is 2. The Morgan fingerprint density at radius 1 is 1.32 bits per heavy atom. The molecule has 3 rings (SSSR count). The minimum Gasteiger partial charge on any atom is -0.397 e. The van der Waals surface area contributed by atoms with Gasteiger partial charge in [0.05, 0.1) is 23.1 Å². The van der Waals surface area contributed by atoms with Crippen LogP contribution in [0.4, 0.5) is 11.4 Å². The van der Waals surface area contributed by atoms with Crippen LogP contribution in [-0.4, -0.2) is 27.3 Å². The third-order valence-electron chi connectivity index (χ3n) is 4.05. The Labute approximate surface area is 113 Å². The third-order valence-corrected chi connectivity index (χ3v) is 4.05. The number of aromatic amines is 1.